The minimum atomic E-state index is -0.245. The van der Waals surface area contributed by atoms with Gasteiger partial charge >= 0.3 is 0 Å². The maximum Gasteiger partial charge on any atom is 0.291 e. The molecule has 0 spiro atoms. The number of aromatic nitrogens is 3. The Bertz CT molecular complexity index is 1030. The molecule has 1 fully saturated rings. The summed E-state index contributed by atoms with van der Waals surface area (Å²) in [5.41, 5.74) is 1.89. The van der Waals surface area contributed by atoms with Crippen LogP contribution >= 0.6 is 0 Å². The van der Waals surface area contributed by atoms with Gasteiger partial charge in [-0.05, 0) is 40.0 Å². The zero-order valence-corrected chi connectivity index (χ0v) is 15.5. The van der Waals surface area contributed by atoms with Gasteiger partial charge in [0.05, 0.1) is 17.1 Å². The number of amides is 1. The summed E-state index contributed by atoms with van der Waals surface area (Å²) in [5, 5.41) is 4.96. The van der Waals surface area contributed by atoms with E-state index in [0.717, 1.165) is 43.6 Å². The van der Waals surface area contributed by atoms with Crippen LogP contribution in [0.4, 0.5) is 0 Å². The molecule has 0 unspecified atom stereocenters. The normalized spacial score (nSPS) is 15.5. The molecular formula is C19H24N4O3. The number of rotatable bonds is 3. The van der Waals surface area contributed by atoms with Crippen LogP contribution in [0.25, 0.3) is 22.0 Å². The zero-order valence-electron chi connectivity index (χ0n) is 15.5. The molecule has 0 saturated carbocycles. The highest BCUT2D eigenvalue weighted by molar-refractivity contribution is 6.04. The van der Waals surface area contributed by atoms with Crippen LogP contribution in [0.15, 0.2) is 21.5 Å². The summed E-state index contributed by atoms with van der Waals surface area (Å²) in [7, 11) is 0. The molecule has 1 aliphatic rings. The third-order valence-corrected chi connectivity index (χ3v) is 5.11. The predicted molar refractivity (Wildman–Crippen MR) is 99.3 cm³/mol. The molecule has 0 aliphatic carbocycles. The van der Waals surface area contributed by atoms with Gasteiger partial charge in [0.25, 0.3) is 5.56 Å². The lowest BCUT2D eigenvalue weighted by Gasteiger charge is -2.26. The van der Waals surface area contributed by atoms with Gasteiger partial charge in [-0.1, -0.05) is 0 Å². The highest BCUT2D eigenvalue weighted by Gasteiger charge is 2.23. The first kappa shape index (κ1) is 16.9. The Kier molecular flexibility index (Phi) is 4.09. The van der Waals surface area contributed by atoms with E-state index in [1.165, 1.54) is 4.68 Å². The number of carbonyl (C=O) groups is 1. The van der Waals surface area contributed by atoms with Gasteiger partial charge < -0.3 is 13.9 Å². The van der Waals surface area contributed by atoms with Gasteiger partial charge in [0.1, 0.15) is 17.8 Å². The molecule has 26 heavy (non-hydrogen) atoms. The summed E-state index contributed by atoms with van der Waals surface area (Å²) in [4.78, 5) is 27.5. The fourth-order valence-corrected chi connectivity index (χ4v) is 3.89. The molecule has 3 aromatic heterocycles. The Morgan fingerprint density at radius 3 is 2.69 bits per heavy atom. The van der Waals surface area contributed by atoms with Gasteiger partial charge in [0.15, 0.2) is 5.58 Å². The number of carbonyl (C=O) groups excluding carboxylic acids is 1. The second-order valence-corrected chi connectivity index (χ2v) is 7.35. The first-order valence-electron chi connectivity index (χ1n) is 9.25. The van der Waals surface area contributed by atoms with Crippen LogP contribution in [0, 0.1) is 6.92 Å². The first-order chi connectivity index (χ1) is 12.5. The van der Waals surface area contributed by atoms with E-state index in [1.807, 2.05) is 36.3 Å². The van der Waals surface area contributed by atoms with Crippen molar-refractivity contribution >= 4 is 27.9 Å². The summed E-state index contributed by atoms with van der Waals surface area (Å²) in [6, 6.07) is 2.03. The molecule has 1 amide bonds. The second-order valence-electron chi connectivity index (χ2n) is 7.35. The van der Waals surface area contributed by atoms with Crippen molar-refractivity contribution in [2.24, 2.45) is 0 Å². The summed E-state index contributed by atoms with van der Waals surface area (Å²) >= 11 is 0. The molecule has 7 nitrogen and oxygen atoms in total. The topological polar surface area (TPSA) is 73.3 Å². The Morgan fingerprint density at radius 2 is 2.00 bits per heavy atom. The smallest absolute Gasteiger partial charge is 0.291 e. The number of hydrogen-bond acceptors (Lipinski definition) is 4. The molecule has 1 aliphatic heterocycles. The first-order valence-corrected chi connectivity index (χ1v) is 9.25. The van der Waals surface area contributed by atoms with Crippen LogP contribution in [0.5, 0.6) is 0 Å². The molecule has 0 bridgehead atoms. The molecule has 1 saturated heterocycles. The summed E-state index contributed by atoms with van der Waals surface area (Å²) in [6.45, 7) is 7.48. The number of hydrogen-bond donors (Lipinski definition) is 0. The zero-order chi connectivity index (χ0) is 18.4. The Balaban J connectivity index is 1.80. The van der Waals surface area contributed by atoms with Crippen LogP contribution in [-0.2, 0) is 11.3 Å². The Morgan fingerprint density at radius 1 is 1.27 bits per heavy atom. The summed E-state index contributed by atoms with van der Waals surface area (Å²) in [5.74, 6) is 0.761. The summed E-state index contributed by atoms with van der Waals surface area (Å²) in [6.07, 6.45) is 4.86. The molecule has 3 aromatic rings. The SMILES string of the molecule is Cc1cc2c(o1)c1cnn(CC(=O)N3CCCCC3)c(=O)c1n2C(C)C. The third kappa shape index (κ3) is 2.62. The van der Waals surface area contributed by atoms with Gasteiger partial charge in [-0.2, -0.15) is 5.10 Å². The fraction of sp³-hybridized carbons (Fsp3) is 0.526. The minimum Gasteiger partial charge on any atom is -0.459 e. The maximum atomic E-state index is 13.1. The van der Waals surface area contributed by atoms with Crippen molar-refractivity contribution in [1.82, 2.24) is 19.2 Å². The Hall–Kier alpha value is -2.57. The van der Waals surface area contributed by atoms with Crippen LogP contribution in [-0.4, -0.2) is 38.2 Å². The average Bonchev–Trinajstić information content (AvgIpc) is 3.13. The number of likely N-dealkylation sites (tertiary alicyclic amines) is 1. The van der Waals surface area contributed by atoms with E-state index >= 15 is 0 Å². The molecule has 0 aromatic carbocycles. The van der Waals surface area contributed by atoms with Crippen LogP contribution < -0.4 is 5.56 Å². The summed E-state index contributed by atoms with van der Waals surface area (Å²) < 4.78 is 9.06. The number of aryl methyl sites for hydroxylation is 1. The van der Waals surface area contributed by atoms with Gasteiger partial charge in [-0.3, -0.25) is 9.59 Å². The van der Waals surface area contributed by atoms with Gasteiger partial charge in [0, 0.05) is 25.2 Å². The van der Waals surface area contributed by atoms with Gasteiger partial charge in [0.2, 0.25) is 5.91 Å². The maximum absolute atomic E-state index is 13.1. The predicted octanol–water partition coefficient (Wildman–Crippen LogP) is 2.85. The van der Waals surface area contributed by atoms with Crippen molar-refractivity contribution in [3.63, 3.8) is 0 Å². The van der Waals surface area contributed by atoms with E-state index < -0.39 is 0 Å². The molecular weight excluding hydrogens is 332 g/mol. The molecule has 138 valence electrons. The Labute approximate surface area is 151 Å². The molecule has 7 heteroatoms. The molecule has 0 atom stereocenters. The molecule has 4 rings (SSSR count). The molecule has 0 N–H and O–H groups in total. The lowest BCUT2D eigenvalue weighted by Crippen LogP contribution is -2.40. The largest absolute Gasteiger partial charge is 0.459 e. The van der Waals surface area contributed by atoms with Gasteiger partial charge in [-0.15, -0.1) is 0 Å². The van der Waals surface area contributed by atoms with Crippen LogP contribution in [0.1, 0.15) is 44.9 Å². The minimum absolute atomic E-state index is 0.0154. The third-order valence-electron chi connectivity index (χ3n) is 5.11. The van der Waals surface area contributed by atoms with E-state index in [0.29, 0.717) is 16.5 Å². The quantitative estimate of drug-likeness (QED) is 0.723. The number of nitrogens with zero attached hydrogens (tertiary/aromatic N) is 4. The standard InChI is InChI=1S/C19H24N4O3/c1-12(2)23-15-9-13(3)26-18(15)14-10-20-22(19(25)17(14)23)11-16(24)21-7-5-4-6-8-21/h9-10,12H,4-8,11H2,1-3H3. The van der Waals surface area contributed by atoms with Gasteiger partial charge in [-0.25, -0.2) is 4.68 Å². The second kappa shape index (κ2) is 6.30. The highest BCUT2D eigenvalue weighted by Crippen LogP contribution is 2.31. The highest BCUT2D eigenvalue weighted by atomic mass is 16.3. The number of fused-ring (bicyclic) bond motifs is 3. The molecule has 0 radical (unpaired) electrons. The van der Waals surface area contributed by atoms with Crippen molar-refractivity contribution in [2.75, 3.05) is 13.1 Å². The van der Waals surface area contributed by atoms with Crippen LogP contribution in [0.2, 0.25) is 0 Å². The lowest BCUT2D eigenvalue weighted by atomic mass is 10.1. The van der Waals surface area contributed by atoms with E-state index in [9.17, 15) is 9.59 Å². The monoisotopic (exact) mass is 356 g/mol. The lowest BCUT2D eigenvalue weighted by molar-refractivity contribution is -0.133. The number of piperidine rings is 1. The number of furan rings is 1. The van der Waals surface area contributed by atoms with E-state index in [2.05, 4.69) is 5.10 Å². The fourth-order valence-electron chi connectivity index (χ4n) is 3.89. The van der Waals surface area contributed by atoms with Crippen molar-refractivity contribution < 1.29 is 9.21 Å². The van der Waals surface area contributed by atoms with Crippen molar-refractivity contribution in [2.45, 2.75) is 52.6 Å². The van der Waals surface area contributed by atoms with Crippen LogP contribution in [0.3, 0.4) is 0 Å². The van der Waals surface area contributed by atoms with E-state index in [4.69, 9.17) is 4.42 Å². The molecule has 4 heterocycles. The average molecular weight is 356 g/mol. The van der Waals surface area contributed by atoms with E-state index in [1.54, 1.807) is 6.20 Å². The van der Waals surface area contributed by atoms with Crippen molar-refractivity contribution in [3.8, 4) is 0 Å². The van der Waals surface area contributed by atoms with E-state index in [-0.39, 0.29) is 24.1 Å². The van der Waals surface area contributed by atoms with Crippen molar-refractivity contribution in [3.05, 3.63) is 28.4 Å². The van der Waals surface area contributed by atoms with Crippen molar-refractivity contribution in [1.29, 1.82) is 0 Å².